The van der Waals surface area contributed by atoms with E-state index in [9.17, 15) is 5.11 Å². The summed E-state index contributed by atoms with van der Waals surface area (Å²) >= 11 is 5.27. The summed E-state index contributed by atoms with van der Waals surface area (Å²) in [6.07, 6.45) is 3.33. The molecule has 1 nitrogen and oxygen atoms in total. The fourth-order valence-electron chi connectivity index (χ4n) is 2.82. The van der Waals surface area contributed by atoms with Crippen molar-refractivity contribution in [1.82, 2.24) is 0 Å². The molecule has 90 valence electrons. The second kappa shape index (κ2) is 4.43. The van der Waals surface area contributed by atoms with E-state index in [1.807, 2.05) is 0 Å². The molecule has 0 bridgehead atoms. The molecule has 1 N–H and O–H groups in total. The lowest BCUT2D eigenvalue weighted by Crippen LogP contribution is -2.23. The number of hydrogen-bond acceptors (Lipinski definition) is 2. The molecule has 0 aromatic carbocycles. The van der Waals surface area contributed by atoms with Crippen LogP contribution in [0.4, 0.5) is 0 Å². The molecule has 0 aliphatic heterocycles. The third-order valence-electron chi connectivity index (χ3n) is 3.83. The lowest BCUT2D eigenvalue weighted by molar-refractivity contribution is 0.0554. The molecular formula is C13H19BrOS. The zero-order valence-corrected chi connectivity index (χ0v) is 12.5. The first kappa shape index (κ1) is 12.6. The van der Waals surface area contributed by atoms with Crippen LogP contribution in [0.25, 0.3) is 0 Å². The lowest BCUT2D eigenvalue weighted by Gasteiger charge is -2.30. The maximum absolute atomic E-state index is 10.5. The van der Waals surface area contributed by atoms with Gasteiger partial charge >= 0.3 is 0 Å². The summed E-state index contributed by atoms with van der Waals surface area (Å²) in [7, 11) is 0. The van der Waals surface area contributed by atoms with Crippen molar-refractivity contribution in [3.8, 4) is 0 Å². The Bertz CT molecular complexity index is 383. The Labute approximate surface area is 110 Å². The van der Waals surface area contributed by atoms with Crippen molar-refractivity contribution in [2.24, 2.45) is 11.3 Å². The van der Waals surface area contributed by atoms with Crippen LogP contribution in [0, 0.1) is 18.3 Å². The number of aliphatic hydroxyl groups is 1. The van der Waals surface area contributed by atoms with E-state index in [4.69, 9.17) is 0 Å². The average molecular weight is 303 g/mol. The van der Waals surface area contributed by atoms with Gasteiger partial charge in [-0.2, -0.15) is 0 Å². The van der Waals surface area contributed by atoms with Gasteiger partial charge in [0.2, 0.25) is 0 Å². The Balaban J connectivity index is 2.25. The van der Waals surface area contributed by atoms with Gasteiger partial charge in [0.05, 0.1) is 6.10 Å². The minimum atomic E-state index is -0.300. The summed E-state index contributed by atoms with van der Waals surface area (Å²) in [4.78, 5) is 2.37. The topological polar surface area (TPSA) is 20.2 Å². The average Bonchev–Trinajstić information content (AvgIpc) is 2.68. The quantitative estimate of drug-likeness (QED) is 0.841. The van der Waals surface area contributed by atoms with E-state index in [1.165, 1.54) is 17.7 Å². The van der Waals surface area contributed by atoms with Crippen LogP contribution in [-0.4, -0.2) is 5.11 Å². The Kier molecular flexibility index (Phi) is 3.49. The zero-order chi connectivity index (χ0) is 11.9. The minimum Gasteiger partial charge on any atom is -0.387 e. The van der Waals surface area contributed by atoms with Gasteiger partial charge in [0.1, 0.15) is 0 Å². The van der Waals surface area contributed by atoms with Crippen LogP contribution in [0.2, 0.25) is 0 Å². The van der Waals surface area contributed by atoms with Crippen molar-refractivity contribution < 1.29 is 5.11 Å². The van der Waals surface area contributed by atoms with Gasteiger partial charge in [-0.1, -0.05) is 20.3 Å². The van der Waals surface area contributed by atoms with E-state index in [2.05, 4.69) is 42.8 Å². The van der Waals surface area contributed by atoms with E-state index in [0.29, 0.717) is 5.92 Å². The van der Waals surface area contributed by atoms with E-state index in [0.717, 1.165) is 15.8 Å². The molecule has 3 heteroatoms. The van der Waals surface area contributed by atoms with Crippen molar-refractivity contribution in [1.29, 1.82) is 0 Å². The highest BCUT2D eigenvalue weighted by atomic mass is 79.9. The fourth-order valence-corrected chi connectivity index (χ4v) is 4.76. The second-order valence-corrected chi connectivity index (χ2v) is 7.64. The number of halogens is 1. The smallest absolute Gasteiger partial charge is 0.0926 e. The number of thiophene rings is 1. The first-order valence-corrected chi connectivity index (χ1v) is 7.46. The summed E-state index contributed by atoms with van der Waals surface area (Å²) in [6, 6.07) is 2.10. The van der Waals surface area contributed by atoms with Crippen LogP contribution < -0.4 is 0 Å². The van der Waals surface area contributed by atoms with E-state index >= 15 is 0 Å². The highest BCUT2D eigenvalue weighted by molar-refractivity contribution is 9.10. The molecule has 2 atom stereocenters. The first-order chi connectivity index (χ1) is 7.42. The van der Waals surface area contributed by atoms with Crippen molar-refractivity contribution in [2.45, 2.75) is 46.1 Å². The van der Waals surface area contributed by atoms with Crippen LogP contribution in [-0.2, 0) is 0 Å². The predicted octanol–water partition coefficient (Wildman–Crippen LogP) is 4.68. The zero-order valence-electron chi connectivity index (χ0n) is 10.1. The number of aliphatic hydroxyl groups excluding tert-OH is 1. The second-order valence-electron chi connectivity index (χ2n) is 5.50. The molecule has 0 spiro atoms. The van der Waals surface area contributed by atoms with Crippen LogP contribution in [0.5, 0.6) is 0 Å². The fraction of sp³-hybridized carbons (Fsp3) is 0.692. The van der Waals surface area contributed by atoms with Gasteiger partial charge in [-0.05, 0) is 53.1 Å². The molecule has 1 aliphatic carbocycles. The Morgan fingerprint density at radius 3 is 2.69 bits per heavy atom. The normalized spacial score (nSPS) is 25.9. The Morgan fingerprint density at radius 1 is 1.56 bits per heavy atom. The molecule has 1 fully saturated rings. The van der Waals surface area contributed by atoms with Gasteiger partial charge in [-0.15, -0.1) is 11.3 Å². The van der Waals surface area contributed by atoms with Gasteiger partial charge in [0.15, 0.2) is 0 Å². The van der Waals surface area contributed by atoms with Crippen LogP contribution in [0.15, 0.2) is 10.5 Å². The van der Waals surface area contributed by atoms with E-state index in [-0.39, 0.29) is 11.5 Å². The molecule has 2 unspecified atom stereocenters. The first-order valence-electron chi connectivity index (χ1n) is 5.86. The third kappa shape index (κ3) is 2.22. The SMILES string of the molecule is Cc1cc(Br)c(C(O)C2CCCC2(C)C)s1. The molecule has 1 heterocycles. The van der Waals surface area contributed by atoms with E-state index < -0.39 is 0 Å². The summed E-state index contributed by atoms with van der Waals surface area (Å²) in [5.74, 6) is 0.404. The van der Waals surface area contributed by atoms with Gasteiger partial charge in [0.25, 0.3) is 0 Å². The van der Waals surface area contributed by atoms with Gasteiger partial charge in [-0.25, -0.2) is 0 Å². The molecule has 0 radical (unpaired) electrons. The molecule has 2 rings (SSSR count). The van der Waals surface area contributed by atoms with Crippen molar-refractivity contribution in [2.75, 3.05) is 0 Å². The Morgan fingerprint density at radius 2 is 2.25 bits per heavy atom. The molecule has 1 aliphatic rings. The highest BCUT2D eigenvalue weighted by Gasteiger charge is 2.40. The number of hydrogen-bond donors (Lipinski definition) is 1. The van der Waals surface area contributed by atoms with Crippen LogP contribution in [0.1, 0.15) is 49.0 Å². The molecule has 0 saturated heterocycles. The van der Waals surface area contributed by atoms with Gasteiger partial charge in [0, 0.05) is 14.2 Å². The van der Waals surface area contributed by atoms with Crippen molar-refractivity contribution in [3.05, 3.63) is 20.3 Å². The van der Waals surface area contributed by atoms with Gasteiger partial charge in [-0.3, -0.25) is 0 Å². The Hall–Kier alpha value is 0.140. The van der Waals surface area contributed by atoms with E-state index in [1.54, 1.807) is 11.3 Å². The molecule has 0 amide bonds. The number of aryl methyl sites for hydroxylation is 1. The summed E-state index contributed by atoms with van der Waals surface area (Å²) in [6.45, 7) is 6.65. The molecular weight excluding hydrogens is 284 g/mol. The maximum Gasteiger partial charge on any atom is 0.0926 e. The van der Waals surface area contributed by atoms with Crippen molar-refractivity contribution in [3.63, 3.8) is 0 Å². The number of rotatable bonds is 2. The molecule has 1 aromatic rings. The monoisotopic (exact) mass is 302 g/mol. The summed E-state index contributed by atoms with van der Waals surface area (Å²) < 4.78 is 1.07. The van der Waals surface area contributed by atoms with Gasteiger partial charge < -0.3 is 5.11 Å². The maximum atomic E-state index is 10.5. The standard InChI is InChI=1S/C13H19BrOS/c1-8-7-10(14)12(16-8)11(15)9-5-4-6-13(9,2)3/h7,9,11,15H,4-6H2,1-3H3. The van der Waals surface area contributed by atoms with Crippen LogP contribution >= 0.6 is 27.3 Å². The molecule has 1 aromatic heterocycles. The summed E-state index contributed by atoms with van der Waals surface area (Å²) in [5, 5.41) is 10.5. The largest absolute Gasteiger partial charge is 0.387 e. The third-order valence-corrected chi connectivity index (χ3v) is 5.87. The molecule has 16 heavy (non-hydrogen) atoms. The van der Waals surface area contributed by atoms with Crippen LogP contribution in [0.3, 0.4) is 0 Å². The van der Waals surface area contributed by atoms with Crippen molar-refractivity contribution >= 4 is 27.3 Å². The lowest BCUT2D eigenvalue weighted by atomic mass is 9.78. The molecule has 1 saturated carbocycles. The predicted molar refractivity (Wildman–Crippen MR) is 72.8 cm³/mol. The highest BCUT2D eigenvalue weighted by Crippen LogP contribution is 2.50. The minimum absolute atomic E-state index is 0.275. The summed E-state index contributed by atoms with van der Waals surface area (Å²) in [5.41, 5.74) is 0.275.